The summed E-state index contributed by atoms with van der Waals surface area (Å²) in [6.07, 6.45) is 0.339. The van der Waals surface area contributed by atoms with Crippen LogP contribution in [0.1, 0.15) is 39.0 Å². The maximum Gasteiger partial charge on any atom is 0.267 e. The van der Waals surface area contributed by atoms with Crippen molar-refractivity contribution in [3.05, 3.63) is 133 Å². The average molecular weight is 459 g/mol. The second kappa shape index (κ2) is 10.3. The fraction of sp³-hybridized carbons (Fsp3) is 0.120. The smallest absolute Gasteiger partial charge is 0.267 e. The zero-order valence-electron chi connectivity index (χ0n) is 17.8. The maximum absolute atomic E-state index is 13.2. The van der Waals surface area contributed by atoms with E-state index in [9.17, 15) is 14.0 Å². The third-order valence-corrected chi connectivity index (χ3v) is 4.85. The van der Waals surface area contributed by atoms with Crippen molar-refractivity contribution < 1.29 is 22.8 Å². The molecule has 2 heterocycles. The Morgan fingerprint density at radius 2 is 1.74 bits per heavy atom. The summed E-state index contributed by atoms with van der Waals surface area (Å²) in [5.74, 6) is -1.26. The number of halogens is 1. The Labute approximate surface area is 192 Å². The van der Waals surface area contributed by atoms with Gasteiger partial charge in [-0.25, -0.2) is 4.39 Å². The third kappa shape index (κ3) is 5.40. The topological polar surface area (TPSA) is 118 Å². The van der Waals surface area contributed by atoms with Gasteiger partial charge >= 0.3 is 0 Å². The molecule has 4 rings (SSSR count). The Morgan fingerprint density at radius 1 is 0.971 bits per heavy atom. The predicted molar refractivity (Wildman–Crippen MR) is 120 cm³/mol. The normalized spacial score (nSPS) is 10.5. The highest BCUT2D eigenvalue weighted by molar-refractivity contribution is 6.06. The van der Waals surface area contributed by atoms with Crippen LogP contribution in [0.3, 0.4) is 0 Å². The number of carbonyl (C=O) groups excluding carboxylic acids is 1. The molecule has 170 valence electrons. The molecule has 0 saturated heterocycles. The molecule has 0 bridgehead atoms. The monoisotopic (exact) mass is 459 g/mol. The third-order valence-electron chi connectivity index (χ3n) is 4.85. The van der Waals surface area contributed by atoms with Crippen molar-refractivity contribution in [2.45, 2.75) is 19.6 Å². The second-order valence-electron chi connectivity index (χ2n) is 7.30. The number of nitrogens with zero attached hydrogens (tertiary/aromatic N) is 3. The van der Waals surface area contributed by atoms with Gasteiger partial charge in [0.05, 0.1) is 6.54 Å². The van der Waals surface area contributed by atoms with E-state index in [-0.39, 0.29) is 42.0 Å². The molecule has 0 spiro atoms. The van der Waals surface area contributed by atoms with E-state index < -0.39 is 11.2 Å². The molecule has 0 aliphatic rings. The summed E-state index contributed by atoms with van der Waals surface area (Å²) >= 11 is 0. The number of rotatable bonds is 9. The fourth-order valence-corrected chi connectivity index (χ4v) is 3.24. The van der Waals surface area contributed by atoms with Gasteiger partial charge in [-0.1, -0.05) is 47.6 Å². The minimum Gasteiger partial charge on any atom is -0.481 e. The lowest BCUT2D eigenvalue weighted by molar-refractivity contribution is 0.0968. The number of ketones is 1. The number of hydrogen-bond acceptors (Lipinski definition) is 6. The van der Waals surface area contributed by atoms with Crippen molar-refractivity contribution in [2.75, 3.05) is 0 Å². The molecule has 4 aromatic rings. The van der Waals surface area contributed by atoms with Crippen LogP contribution < -0.4 is 10.2 Å². The van der Waals surface area contributed by atoms with Gasteiger partial charge in [0.15, 0.2) is 5.76 Å². The Hall–Kier alpha value is -4.62. The van der Waals surface area contributed by atoms with Gasteiger partial charge in [0.2, 0.25) is 16.9 Å². The maximum atomic E-state index is 13.2. The largest absolute Gasteiger partial charge is 0.481 e. The Morgan fingerprint density at radius 3 is 2.47 bits per heavy atom. The average Bonchev–Trinajstić information content (AvgIpc) is 3.32. The van der Waals surface area contributed by atoms with E-state index in [1.807, 2.05) is 30.3 Å². The van der Waals surface area contributed by atoms with Crippen LogP contribution in [-0.2, 0) is 19.6 Å². The summed E-state index contributed by atoms with van der Waals surface area (Å²) in [6, 6.07) is 19.2. The number of benzene rings is 2. The molecule has 0 aliphatic heterocycles. The van der Waals surface area contributed by atoms with Gasteiger partial charge in [-0.2, -0.15) is 0 Å². The van der Waals surface area contributed by atoms with Crippen molar-refractivity contribution in [2.24, 2.45) is 5.11 Å². The van der Waals surface area contributed by atoms with Crippen molar-refractivity contribution in [3.8, 4) is 5.75 Å². The first-order valence-corrected chi connectivity index (χ1v) is 10.3. The molecule has 0 atom stereocenters. The Kier molecular flexibility index (Phi) is 6.86. The first-order chi connectivity index (χ1) is 16.5. The predicted octanol–water partition coefficient (Wildman–Crippen LogP) is 5.58. The Balaban J connectivity index is 1.63. The van der Waals surface area contributed by atoms with Crippen molar-refractivity contribution >= 4 is 5.78 Å². The van der Waals surface area contributed by atoms with Crippen LogP contribution in [0.2, 0.25) is 0 Å². The van der Waals surface area contributed by atoms with Crippen LogP contribution in [0.5, 0.6) is 5.75 Å². The lowest BCUT2D eigenvalue weighted by atomic mass is 10.1. The zero-order chi connectivity index (χ0) is 23.9. The fourth-order valence-electron chi connectivity index (χ4n) is 3.24. The van der Waals surface area contributed by atoms with Gasteiger partial charge < -0.3 is 13.6 Å². The van der Waals surface area contributed by atoms with E-state index in [0.29, 0.717) is 12.2 Å². The first kappa shape index (κ1) is 22.6. The standard InChI is InChI=1S/C25H18FN3O5/c26-18-8-6-16(7-9-18)12-19-10-11-22(33-19)23(31)25-24(32-15-17-4-2-1-3-5-17)21(30)13-20(34-25)14-28-29-27/h1-11,13H,12,14-15H2. The summed E-state index contributed by atoms with van der Waals surface area (Å²) in [6.45, 7) is -0.214. The molecule has 0 unspecified atom stereocenters. The molecule has 9 heteroatoms. The second-order valence-corrected chi connectivity index (χ2v) is 7.30. The van der Waals surface area contributed by atoms with Crippen LogP contribution in [0.15, 0.2) is 91.5 Å². The number of hydrogen-bond donors (Lipinski definition) is 0. The molecular weight excluding hydrogens is 441 g/mol. The summed E-state index contributed by atoms with van der Waals surface area (Å²) in [4.78, 5) is 28.6. The number of carbonyl (C=O) groups is 1. The highest BCUT2D eigenvalue weighted by Crippen LogP contribution is 2.23. The van der Waals surface area contributed by atoms with Crippen molar-refractivity contribution in [1.29, 1.82) is 0 Å². The van der Waals surface area contributed by atoms with Crippen molar-refractivity contribution in [3.63, 3.8) is 0 Å². The van der Waals surface area contributed by atoms with Crippen LogP contribution in [-0.4, -0.2) is 5.78 Å². The summed E-state index contributed by atoms with van der Waals surface area (Å²) < 4.78 is 30.1. The first-order valence-electron chi connectivity index (χ1n) is 10.3. The molecular formula is C25H18FN3O5. The van der Waals surface area contributed by atoms with Crippen LogP contribution in [0.4, 0.5) is 4.39 Å². The van der Waals surface area contributed by atoms with E-state index in [4.69, 9.17) is 19.1 Å². The van der Waals surface area contributed by atoms with Gasteiger partial charge in [-0.05, 0) is 40.9 Å². The van der Waals surface area contributed by atoms with E-state index in [1.54, 1.807) is 18.2 Å². The SMILES string of the molecule is [N-]=[N+]=NCc1cc(=O)c(OCc2ccccc2)c(C(=O)c2ccc(Cc3ccc(F)cc3)o2)o1. The molecule has 0 saturated carbocycles. The highest BCUT2D eigenvalue weighted by Gasteiger charge is 2.25. The molecule has 0 radical (unpaired) electrons. The van der Waals surface area contributed by atoms with Crippen LogP contribution in [0.25, 0.3) is 10.4 Å². The molecule has 34 heavy (non-hydrogen) atoms. The summed E-state index contributed by atoms with van der Waals surface area (Å²) in [5.41, 5.74) is 9.56. The van der Waals surface area contributed by atoms with Gasteiger partial charge in [0.25, 0.3) is 5.78 Å². The van der Waals surface area contributed by atoms with E-state index >= 15 is 0 Å². The van der Waals surface area contributed by atoms with Gasteiger partial charge in [0, 0.05) is 17.4 Å². The molecule has 0 aliphatic carbocycles. The van der Waals surface area contributed by atoms with E-state index in [0.717, 1.165) is 17.2 Å². The van der Waals surface area contributed by atoms with E-state index in [2.05, 4.69) is 10.0 Å². The van der Waals surface area contributed by atoms with Gasteiger partial charge in [-0.3, -0.25) is 9.59 Å². The van der Waals surface area contributed by atoms with Crippen LogP contribution >= 0.6 is 0 Å². The Bertz CT molecular complexity index is 1400. The quantitative estimate of drug-likeness (QED) is 0.140. The summed E-state index contributed by atoms with van der Waals surface area (Å²) in [5, 5.41) is 3.38. The lowest BCUT2D eigenvalue weighted by Gasteiger charge is -2.10. The molecule has 0 fully saturated rings. The van der Waals surface area contributed by atoms with Gasteiger partial charge in [-0.15, -0.1) is 0 Å². The van der Waals surface area contributed by atoms with E-state index in [1.165, 1.54) is 18.2 Å². The molecule has 0 amide bonds. The molecule has 0 N–H and O–H groups in total. The minimum atomic E-state index is -0.701. The number of furan rings is 1. The number of azide groups is 1. The molecule has 8 nitrogen and oxygen atoms in total. The minimum absolute atomic E-state index is 0.0105. The zero-order valence-corrected chi connectivity index (χ0v) is 17.8. The highest BCUT2D eigenvalue weighted by atomic mass is 19.1. The van der Waals surface area contributed by atoms with Crippen molar-refractivity contribution in [1.82, 2.24) is 0 Å². The molecule has 2 aromatic carbocycles. The summed E-state index contributed by atoms with van der Waals surface area (Å²) in [7, 11) is 0. The number of ether oxygens (including phenoxy) is 1. The lowest BCUT2D eigenvalue weighted by Crippen LogP contribution is -2.15. The van der Waals surface area contributed by atoms with Crippen LogP contribution in [0, 0.1) is 5.82 Å². The van der Waals surface area contributed by atoms with Gasteiger partial charge in [0.1, 0.15) is 23.9 Å². The molecule has 2 aromatic heterocycles.